The zero-order valence-electron chi connectivity index (χ0n) is 27.3. The summed E-state index contributed by atoms with van der Waals surface area (Å²) in [5.74, 6) is 3.55. The van der Waals surface area contributed by atoms with E-state index in [0.29, 0.717) is 22.7 Å². The van der Waals surface area contributed by atoms with Crippen molar-refractivity contribution in [3.63, 3.8) is 0 Å². The number of fused-ring (bicyclic) bond motifs is 1. The molecule has 0 spiro atoms. The fourth-order valence-corrected chi connectivity index (χ4v) is 9.77. The maximum atomic E-state index is 7.09. The van der Waals surface area contributed by atoms with Crippen molar-refractivity contribution in [2.45, 2.75) is 144 Å². The molecule has 3 aliphatic carbocycles. The van der Waals surface area contributed by atoms with Crippen molar-refractivity contribution in [2.24, 2.45) is 40.4 Å². The Labute approximate surface area is 234 Å². The molecule has 0 saturated heterocycles. The van der Waals surface area contributed by atoms with Gasteiger partial charge in [0.2, 0.25) is 0 Å². The van der Waals surface area contributed by atoms with Gasteiger partial charge in [-0.2, -0.15) is 0 Å². The van der Waals surface area contributed by atoms with Gasteiger partial charge in [0.1, 0.15) is 0 Å². The van der Waals surface area contributed by atoms with E-state index in [-0.39, 0.29) is 10.1 Å². The normalized spacial score (nSPS) is 38.1. The van der Waals surface area contributed by atoms with E-state index < -0.39 is 16.6 Å². The van der Waals surface area contributed by atoms with E-state index in [2.05, 4.69) is 95.1 Å². The maximum absolute atomic E-state index is 7.09. The van der Waals surface area contributed by atoms with E-state index in [4.69, 9.17) is 8.85 Å². The van der Waals surface area contributed by atoms with Crippen molar-refractivity contribution >= 4 is 16.6 Å². The van der Waals surface area contributed by atoms with E-state index >= 15 is 0 Å². The summed E-state index contributed by atoms with van der Waals surface area (Å²) in [4.78, 5) is 0. The largest absolute Gasteiger partial charge is 0.417 e. The van der Waals surface area contributed by atoms with Gasteiger partial charge in [-0.05, 0) is 115 Å². The monoisotopic (exact) mass is 548 g/mol. The molecule has 216 valence electrons. The highest BCUT2D eigenvalue weighted by Gasteiger charge is 2.57. The van der Waals surface area contributed by atoms with Crippen molar-refractivity contribution in [1.29, 1.82) is 0 Å². The van der Waals surface area contributed by atoms with Crippen molar-refractivity contribution in [2.75, 3.05) is 13.2 Å². The zero-order chi connectivity index (χ0) is 28.2. The van der Waals surface area contributed by atoms with Gasteiger partial charge in [-0.3, -0.25) is 0 Å². The van der Waals surface area contributed by atoms with Crippen LogP contribution in [0.2, 0.25) is 36.3 Å². The molecule has 0 radical (unpaired) electrons. The van der Waals surface area contributed by atoms with Crippen LogP contribution in [0.4, 0.5) is 0 Å². The summed E-state index contributed by atoms with van der Waals surface area (Å²) in [5.41, 5.74) is 2.17. The Morgan fingerprint density at radius 2 is 1.35 bits per heavy atom. The number of rotatable bonds is 7. The molecule has 0 heterocycles. The average molecular weight is 549 g/mol. The fraction of sp³-hybridized carbons (Fsp3) is 0.939. The van der Waals surface area contributed by atoms with Crippen molar-refractivity contribution in [1.82, 2.24) is 0 Å². The molecule has 0 amide bonds. The number of hydrogen-bond acceptors (Lipinski definition) is 2. The van der Waals surface area contributed by atoms with Crippen LogP contribution in [0, 0.1) is 40.4 Å². The quantitative estimate of drug-likeness (QED) is 0.233. The third kappa shape index (κ3) is 6.08. The Bertz CT molecular complexity index is 819. The molecule has 3 fully saturated rings. The maximum Gasteiger partial charge on any atom is 0.191 e. The average Bonchev–Trinajstić information content (AvgIpc) is 3.06. The van der Waals surface area contributed by atoms with Crippen LogP contribution < -0.4 is 0 Å². The molecule has 3 saturated carbocycles. The number of allylic oxidation sites excluding steroid dienone is 1. The lowest BCUT2D eigenvalue weighted by Crippen LogP contribution is -2.54. The first-order chi connectivity index (χ1) is 16.7. The summed E-state index contributed by atoms with van der Waals surface area (Å²) in [6.45, 7) is 38.3. The molecule has 0 aromatic heterocycles. The minimum atomic E-state index is -1.81. The lowest BCUT2D eigenvalue weighted by molar-refractivity contribution is -0.0898. The second-order valence-electron chi connectivity index (χ2n) is 17.2. The molecule has 0 unspecified atom stereocenters. The Morgan fingerprint density at radius 3 is 1.89 bits per heavy atom. The van der Waals surface area contributed by atoms with Crippen LogP contribution in [0.3, 0.4) is 0 Å². The molecule has 7 atom stereocenters. The molecular formula is C33H64O2Si2. The summed E-state index contributed by atoms with van der Waals surface area (Å²) >= 11 is 0. The highest BCUT2D eigenvalue weighted by molar-refractivity contribution is 6.74. The lowest BCUT2D eigenvalue weighted by Gasteiger charge is -2.57. The molecule has 0 aromatic carbocycles. The molecule has 37 heavy (non-hydrogen) atoms. The van der Waals surface area contributed by atoms with Crippen molar-refractivity contribution < 1.29 is 8.85 Å². The molecule has 3 rings (SSSR count). The van der Waals surface area contributed by atoms with Gasteiger partial charge in [0.15, 0.2) is 16.6 Å². The third-order valence-corrected chi connectivity index (χ3v) is 21.9. The van der Waals surface area contributed by atoms with Crippen LogP contribution in [0.1, 0.15) is 107 Å². The van der Waals surface area contributed by atoms with Crippen LogP contribution >= 0.6 is 0 Å². The van der Waals surface area contributed by atoms with Gasteiger partial charge in [0.05, 0.1) is 0 Å². The summed E-state index contributed by atoms with van der Waals surface area (Å²) in [7, 11) is -3.58. The summed E-state index contributed by atoms with van der Waals surface area (Å²) in [5, 5.41) is 0.517. The van der Waals surface area contributed by atoms with Gasteiger partial charge in [0.25, 0.3) is 0 Å². The minimum absolute atomic E-state index is 0.253. The minimum Gasteiger partial charge on any atom is -0.417 e. The standard InChI is InChI=1S/C33H64O2Si2/c1-24-17-19-33(10,26(21-24)22-34-36(11,12)30(3,4)5)29-18-20-32(9)25(2)15-16-28(32)27(29)23-35-37(13,14)31(6,7)8/h24,26-29H,2,15-23H2,1,3-14H3/t24-,26+,27-,28-,29-,32+,33-/m0/s1. The SMILES string of the molecule is C=C1CC[C@H]2[C@H](CO[Si](C)(C)C(C)(C)C)[C@@H]([C@@]3(C)CC[C@H](C)C[C@@H]3CO[Si](C)(C)C(C)(C)C)CC[C@]12C. The highest BCUT2D eigenvalue weighted by atomic mass is 28.4. The van der Waals surface area contributed by atoms with Gasteiger partial charge >= 0.3 is 0 Å². The molecule has 3 aliphatic rings. The van der Waals surface area contributed by atoms with Gasteiger partial charge in [-0.15, -0.1) is 0 Å². The molecule has 0 bridgehead atoms. The molecule has 0 N–H and O–H groups in total. The first-order valence-corrected chi connectivity index (χ1v) is 21.4. The second-order valence-corrected chi connectivity index (χ2v) is 26.8. The first-order valence-electron chi connectivity index (χ1n) is 15.6. The van der Waals surface area contributed by atoms with Crippen LogP contribution in [0.5, 0.6) is 0 Å². The van der Waals surface area contributed by atoms with E-state index in [1.807, 2.05) is 0 Å². The van der Waals surface area contributed by atoms with E-state index in [1.54, 1.807) is 0 Å². The van der Waals surface area contributed by atoms with Crippen LogP contribution in [-0.4, -0.2) is 29.8 Å². The molecular weight excluding hydrogens is 485 g/mol. The van der Waals surface area contributed by atoms with E-state index in [0.717, 1.165) is 31.0 Å². The first kappa shape index (κ1) is 31.6. The topological polar surface area (TPSA) is 18.5 Å². The molecule has 2 nitrogen and oxygen atoms in total. The van der Waals surface area contributed by atoms with Crippen LogP contribution in [-0.2, 0) is 8.85 Å². The lowest BCUT2D eigenvalue weighted by atomic mass is 9.49. The van der Waals surface area contributed by atoms with Gasteiger partial charge in [-0.1, -0.05) is 80.9 Å². The summed E-state index contributed by atoms with van der Waals surface area (Å²) in [6.07, 6.45) is 9.23. The molecule has 0 aromatic rings. The second kappa shape index (κ2) is 10.5. The van der Waals surface area contributed by atoms with Gasteiger partial charge < -0.3 is 8.85 Å². The predicted octanol–water partition coefficient (Wildman–Crippen LogP) is 10.5. The highest BCUT2D eigenvalue weighted by Crippen LogP contribution is 2.64. The Balaban J connectivity index is 1.93. The summed E-state index contributed by atoms with van der Waals surface area (Å²) < 4.78 is 14.1. The molecule has 4 heteroatoms. The Hall–Kier alpha value is 0.0938. The summed E-state index contributed by atoms with van der Waals surface area (Å²) in [6, 6.07) is 0. The number of hydrogen-bond donors (Lipinski definition) is 0. The Morgan fingerprint density at radius 1 is 0.811 bits per heavy atom. The molecule has 0 aliphatic heterocycles. The van der Waals surface area contributed by atoms with Crippen LogP contribution in [0.15, 0.2) is 12.2 Å². The van der Waals surface area contributed by atoms with Crippen molar-refractivity contribution in [3.05, 3.63) is 12.2 Å². The van der Waals surface area contributed by atoms with E-state index in [1.165, 1.54) is 50.5 Å². The fourth-order valence-electron chi connectivity index (χ4n) is 7.67. The Kier molecular flexibility index (Phi) is 8.97. The van der Waals surface area contributed by atoms with Gasteiger partial charge in [0, 0.05) is 13.2 Å². The van der Waals surface area contributed by atoms with Crippen LogP contribution in [0.25, 0.3) is 0 Å². The van der Waals surface area contributed by atoms with E-state index in [9.17, 15) is 0 Å². The smallest absolute Gasteiger partial charge is 0.191 e. The predicted molar refractivity (Wildman–Crippen MR) is 167 cm³/mol. The third-order valence-electron chi connectivity index (χ3n) is 12.9. The van der Waals surface area contributed by atoms with Gasteiger partial charge in [-0.25, -0.2) is 0 Å². The van der Waals surface area contributed by atoms with Crippen molar-refractivity contribution in [3.8, 4) is 0 Å². The zero-order valence-corrected chi connectivity index (χ0v) is 29.3.